The summed E-state index contributed by atoms with van der Waals surface area (Å²) in [5, 5.41) is 7.63. The van der Waals surface area contributed by atoms with Gasteiger partial charge in [0.25, 0.3) is 17.4 Å². The Morgan fingerprint density at radius 1 is 1.19 bits per heavy atom. The van der Waals surface area contributed by atoms with Crippen LogP contribution in [-0.4, -0.2) is 52.4 Å². The van der Waals surface area contributed by atoms with E-state index in [1.807, 2.05) is 0 Å². The molecule has 0 aromatic heterocycles. The molecule has 5 N–H and O–H groups in total. The third-order valence-electron chi connectivity index (χ3n) is 2.36. The third-order valence-corrected chi connectivity index (χ3v) is 3.17. The predicted octanol–water partition coefficient (Wildman–Crippen LogP) is -0.0370. The lowest BCUT2D eigenvalue weighted by atomic mass is 10.1. The fraction of sp³-hybridized carbons (Fsp3) is 0.750. The first kappa shape index (κ1) is 19.9. The zero-order valence-corrected chi connectivity index (χ0v) is 11.5. The lowest BCUT2D eigenvalue weighted by molar-refractivity contribution is -0.241. The van der Waals surface area contributed by atoms with Crippen molar-refractivity contribution in [3.63, 3.8) is 0 Å². The van der Waals surface area contributed by atoms with Crippen LogP contribution in [0, 0.1) is 0 Å². The van der Waals surface area contributed by atoms with Crippen molar-refractivity contribution < 1.29 is 45.8 Å². The molecule has 124 valence electrons. The van der Waals surface area contributed by atoms with Crippen molar-refractivity contribution in [3.05, 3.63) is 0 Å². The van der Waals surface area contributed by atoms with E-state index in [2.05, 4.69) is 32.1 Å². The van der Waals surface area contributed by atoms with Gasteiger partial charge < -0.3 is 21.3 Å². The van der Waals surface area contributed by atoms with Gasteiger partial charge in [-0.1, -0.05) is 15.9 Å². The zero-order valence-electron chi connectivity index (χ0n) is 9.89. The molecule has 0 aromatic rings. The Hall–Kier alpha value is -1.08. The van der Waals surface area contributed by atoms with Gasteiger partial charge in [-0.25, -0.2) is 0 Å². The lowest BCUT2D eigenvalue weighted by Crippen LogP contribution is -2.56. The fourth-order valence-electron chi connectivity index (χ4n) is 0.799. The molecule has 2 unspecified atom stereocenters. The Labute approximate surface area is 121 Å². The van der Waals surface area contributed by atoms with Crippen LogP contribution in [0.5, 0.6) is 0 Å². The van der Waals surface area contributed by atoms with Crippen molar-refractivity contribution in [1.82, 2.24) is 0 Å². The van der Waals surface area contributed by atoms with Crippen LogP contribution in [0.1, 0.15) is 0 Å². The second-order valence-electron chi connectivity index (χ2n) is 3.83. The monoisotopic (exact) mass is 390 g/mol. The molecule has 1 rings (SSSR count). The molecule has 13 heteroatoms. The van der Waals surface area contributed by atoms with Crippen LogP contribution in [0.3, 0.4) is 0 Å². The highest BCUT2D eigenvalue weighted by atomic mass is 79.9. The normalized spacial score (nSPS) is 24.4. The number of epoxide rings is 1. The van der Waals surface area contributed by atoms with Gasteiger partial charge in [0.1, 0.15) is 0 Å². The summed E-state index contributed by atoms with van der Waals surface area (Å²) in [5.74, 6) is -3.29. The molecule has 21 heavy (non-hydrogen) atoms. The Morgan fingerprint density at radius 3 is 1.57 bits per heavy atom. The fourth-order valence-corrected chi connectivity index (χ4v) is 1.39. The molecule has 1 aliphatic rings. The van der Waals surface area contributed by atoms with Crippen LogP contribution in [-0.2, 0) is 14.3 Å². The van der Waals surface area contributed by atoms with Gasteiger partial charge in [0.2, 0.25) is 5.60 Å². The number of ether oxygens (including phenoxy) is 1. The summed E-state index contributed by atoms with van der Waals surface area (Å²) in [6.07, 6.45) is -9.71. The molecule has 0 aromatic carbocycles. The van der Waals surface area contributed by atoms with Crippen LogP contribution in [0.15, 0.2) is 0 Å². The molecule has 0 aliphatic carbocycles. The average molecular weight is 391 g/mol. The zero-order chi connectivity index (χ0) is 17.3. The Kier molecular flexibility index (Phi) is 5.66. The average Bonchev–Trinajstić information content (AvgIpc) is 3.06. The standard InChI is InChI=1S/C4H5BrF3NO2.C4H4F3NO2/c5-1-3(11,2(9)10)4(6,7)8;5-4(6,7)3(1-10-3)2(8)9/h11H,1H2,(H2,9,10);1H2,(H2,8,9). The van der Waals surface area contributed by atoms with Crippen molar-refractivity contribution in [2.45, 2.75) is 23.6 Å². The van der Waals surface area contributed by atoms with Gasteiger partial charge in [-0.2, -0.15) is 26.3 Å². The van der Waals surface area contributed by atoms with E-state index in [1.54, 1.807) is 0 Å². The summed E-state index contributed by atoms with van der Waals surface area (Å²) in [6, 6.07) is 0. The van der Waals surface area contributed by atoms with E-state index in [-0.39, 0.29) is 0 Å². The summed E-state index contributed by atoms with van der Waals surface area (Å²) in [4.78, 5) is 20.2. The molecule has 0 saturated carbocycles. The molecule has 1 fully saturated rings. The number of primary amides is 2. The summed E-state index contributed by atoms with van der Waals surface area (Å²) < 4.78 is 74.4. The molecular weight excluding hydrogens is 382 g/mol. The highest BCUT2D eigenvalue weighted by Crippen LogP contribution is 2.43. The Bertz CT molecular complexity index is 422. The maximum absolute atomic E-state index is 11.8. The number of amides is 2. The predicted molar refractivity (Wildman–Crippen MR) is 57.9 cm³/mol. The molecule has 1 saturated heterocycles. The van der Waals surface area contributed by atoms with Gasteiger partial charge in [0.05, 0.1) is 11.9 Å². The van der Waals surface area contributed by atoms with Gasteiger partial charge in [-0.3, -0.25) is 9.59 Å². The van der Waals surface area contributed by atoms with Gasteiger partial charge in [-0.05, 0) is 0 Å². The number of hydrogen-bond acceptors (Lipinski definition) is 4. The van der Waals surface area contributed by atoms with Gasteiger partial charge >= 0.3 is 12.4 Å². The minimum absolute atomic E-state index is 0.647. The van der Waals surface area contributed by atoms with Crippen LogP contribution < -0.4 is 11.5 Å². The first-order valence-corrected chi connectivity index (χ1v) is 5.93. The van der Waals surface area contributed by atoms with Gasteiger partial charge in [-0.15, -0.1) is 0 Å². The second-order valence-corrected chi connectivity index (χ2v) is 4.39. The van der Waals surface area contributed by atoms with Crippen LogP contribution in [0.2, 0.25) is 0 Å². The SMILES string of the molecule is NC(=O)C(O)(CBr)C(F)(F)F.NC(=O)C1(C(F)(F)F)CO1. The van der Waals surface area contributed by atoms with E-state index in [4.69, 9.17) is 5.11 Å². The maximum Gasteiger partial charge on any atom is 0.428 e. The first-order valence-electron chi connectivity index (χ1n) is 4.81. The summed E-state index contributed by atoms with van der Waals surface area (Å²) in [6.45, 7) is -0.647. The van der Waals surface area contributed by atoms with E-state index >= 15 is 0 Å². The molecule has 0 bridgehead atoms. The van der Waals surface area contributed by atoms with Crippen LogP contribution in [0.25, 0.3) is 0 Å². The molecule has 0 spiro atoms. The number of aliphatic hydroxyl groups is 1. The summed E-state index contributed by atoms with van der Waals surface area (Å²) in [5.41, 5.74) is 2.62. The summed E-state index contributed by atoms with van der Waals surface area (Å²) in [7, 11) is 0. The number of hydrogen-bond donors (Lipinski definition) is 3. The van der Waals surface area contributed by atoms with E-state index in [9.17, 15) is 35.9 Å². The molecular formula is C8H9BrF6N2O4. The molecule has 0 radical (unpaired) electrons. The van der Waals surface area contributed by atoms with E-state index in [0.717, 1.165) is 0 Å². The molecule has 2 amide bonds. The van der Waals surface area contributed by atoms with E-state index in [0.29, 0.717) is 0 Å². The third kappa shape index (κ3) is 3.97. The minimum atomic E-state index is -5.04. The first-order chi connectivity index (χ1) is 9.15. The molecule has 1 heterocycles. The van der Waals surface area contributed by atoms with E-state index < -0.39 is 47.3 Å². The number of rotatable bonds is 3. The van der Waals surface area contributed by atoms with Crippen molar-refractivity contribution in [2.24, 2.45) is 11.5 Å². The largest absolute Gasteiger partial charge is 0.428 e. The van der Waals surface area contributed by atoms with Crippen LogP contribution in [0.4, 0.5) is 26.3 Å². The topological polar surface area (TPSA) is 119 Å². The number of nitrogens with two attached hydrogens (primary N) is 2. The number of carbonyl (C=O) groups is 2. The second kappa shape index (κ2) is 5.96. The number of carbonyl (C=O) groups excluding carboxylic acids is 2. The smallest absolute Gasteiger partial charge is 0.372 e. The quantitative estimate of drug-likeness (QED) is 0.356. The molecule has 6 nitrogen and oxygen atoms in total. The van der Waals surface area contributed by atoms with Gasteiger partial charge in [0, 0.05) is 0 Å². The molecule has 2 atom stereocenters. The van der Waals surface area contributed by atoms with Crippen molar-refractivity contribution in [2.75, 3.05) is 11.9 Å². The van der Waals surface area contributed by atoms with Gasteiger partial charge in [0.15, 0.2) is 0 Å². The highest BCUT2D eigenvalue weighted by molar-refractivity contribution is 9.09. The number of halogens is 7. The van der Waals surface area contributed by atoms with Crippen LogP contribution >= 0.6 is 15.9 Å². The maximum atomic E-state index is 11.8. The minimum Gasteiger partial charge on any atom is -0.372 e. The molecule has 1 aliphatic heterocycles. The Morgan fingerprint density at radius 2 is 1.57 bits per heavy atom. The lowest BCUT2D eigenvalue weighted by Gasteiger charge is -2.24. The number of alkyl halides is 7. The van der Waals surface area contributed by atoms with Crippen molar-refractivity contribution in [3.8, 4) is 0 Å². The highest BCUT2D eigenvalue weighted by Gasteiger charge is 2.70. The summed E-state index contributed by atoms with van der Waals surface area (Å²) >= 11 is 2.34. The van der Waals surface area contributed by atoms with Crippen molar-refractivity contribution in [1.29, 1.82) is 0 Å². The Balaban J connectivity index is 0.000000382. The van der Waals surface area contributed by atoms with Crippen molar-refractivity contribution >= 4 is 27.7 Å². The van der Waals surface area contributed by atoms with E-state index in [1.165, 1.54) is 0 Å².